The second-order valence-corrected chi connectivity index (χ2v) is 6.94. The lowest BCUT2D eigenvalue weighted by molar-refractivity contribution is -0.154. The molecule has 0 aromatic heterocycles. The van der Waals surface area contributed by atoms with Crippen LogP contribution in [0.3, 0.4) is 0 Å². The molecule has 3 rings (SSSR count). The average molecular weight is 366 g/mol. The number of likely N-dealkylation sites (tertiary alicyclic amines) is 1. The van der Waals surface area contributed by atoms with E-state index in [4.69, 9.17) is 4.74 Å². The second kappa shape index (κ2) is 9.33. The third-order valence-corrected chi connectivity index (χ3v) is 4.81. The SMILES string of the molecule is CC(=O)O[C@@H](C(=O)NC1CCN(Cc2ccccc2)CC1)c1ccccc1. The van der Waals surface area contributed by atoms with Gasteiger partial charge in [-0.1, -0.05) is 60.7 Å². The Morgan fingerprint density at radius 1 is 1.04 bits per heavy atom. The first-order chi connectivity index (χ1) is 13.1. The van der Waals surface area contributed by atoms with Gasteiger partial charge in [0.25, 0.3) is 5.91 Å². The fourth-order valence-electron chi connectivity index (χ4n) is 3.42. The summed E-state index contributed by atoms with van der Waals surface area (Å²) in [6.45, 7) is 4.12. The van der Waals surface area contributed by atoms with Gasteiger partial charge in [0.2, 0.25) is 6.10 Å². The van der Waals surface area contributed by atoms with E-state index in [9.17, 15) is 9.59 Å². The van der Waals surface area contributed by atoms with Gasteiger partial charge in [0, 0.05) is 38.2 Å². The molecule has 1 fully saturated rings. The van der Waals surface area contributed by atoms with Crippen LogP contribution < -0.4 is 5.32 Å². The number of esters is 1. The number of hydrogen-bond donors (Lipinski definition) is 1. The quantitative estimate of drug-likeness (QED) is 0.799. The van der Waals surface area contributed by atoms with Crippen molar-refractivity contribution in [3.8, 4) is 0 Å². The highest BCUT2D eigenvalue weighted by molar-refractivity contribution is 5.84. The van der Waals surface area contributed by atoms with Crippen molar-refractivity contribution in [1.82, 2.24) is 10.2 Å². The Labute approximate surface area is 160 Å². The van der Waals surface area contributed by atoms with E-state index in [0.29, 0.717) is 5.56 Å². The van der Waals surface area contributed by atoms with Crippen molar-refractivity contribution in [2.45, 2.75) is 38.5 Å². The second-order valence-electron chi connectivity index (χ2n) is 6.94. The van der Waals surface area contributed by atoms with Gasteiger partial charge < -0.3 is 10.1 Å². The molecule has 0 aliphatic carbocycles. The lowest BCUT2D eigenvalue weighted by atomic mass is 10.0. The molecule has 1 N–H and O–H groups in total. The smallest absolute Gasteiger partial charge is 0.303 e. The molecule has 1 heterocycles. The number of benzene rings is 2. The standard InChI is InChI=1S/C22H26N2O3/c1-17(25)27-21(19-10-6-3-7-11-19)22(26)23-20-12-14-24(15-13-20)16-18-8-4-2-5-9-18/h2-11,20-21H,12-16H2,1H3,(H,23,26)/t21-/m1/s1. The number of rotatable bonds is 6. The van der Waals surface area contributed by atoms with E-state index in [1.807, 2.05) is 24.3 Å². The summed E-state index contributed by atoms with van der Waals surface area (Å²) in [7, 11) is 0. The first-order valence-electron chi connectivity index (χ1n) is 9.40. The molecule has 2 aromatic carbocycles. The topological polar surface area (TPSA) is 58.6 Å². The molecule has 1 saturated heterocycles. The van der Waals surface area contributed by atoms with E-state index >= 15 is 0 Å². The predicted molar refractivity (Wildman–Crippen MR) is 104 cm³/mol. The minimum absolute atomic E-state index is 0.103. The molecule has 1 amide bonds. The number of piperidine rings is 1. The minimum Gasteiger partial charge on any atom is -0.447 e. The zero-order valence-electron chi connectivity index (χ0n) is 15.6. The van der Waals surface area contributed by atoms with Gasteiger partial charge in [-0.05, 0) is 18.4 Å². The number of amides is 1. The molecule has 2 aromatic rings. The van der Waals surface area contributed by atoms with Gasteiger partial charge in [-0.15, -0.1) is 0 Å². The number of nitrogens with zero attached hydrogens (tertiary/aromatic N) is 1. The monoisotopic (exact) mass is 366 g/mol. The average Bonchev–Trinajstić information content (AvgIpc) is 2.69. The summed E-state index contributed by atoms with van der Waals surface area (Å²) in [5, 5.41) is 3.06. The summed E-state index contributed by atoms with van der Waals surface area (Å²) in [4.78, 5) is 26.6. The summed E-state index contributed by atoms with van der Waals surface area (Å²) in [5.41, 5.74) is 1.99. The number of carbonyl (C=O) groups excluding carboxylic acids is 2. The van der Waals surface area contributed by atoms with Crippen LogP contribution in [-0.2, 0) is 20.9 Å². The molecule has 5 nitrogen and oxygen atoms in total. The van der Waals surface area contributed by atoms with Gasteiger partial charge in [-0.2, -0.15) is 0 Å². The van der Waals surface area contributed by atoms with Crippen LogP contribution in [0, 0.1) is 0 Å². The Morgan fingerprint density at radius 2 is 1.63 bits per heavy atom. The van der Waals surface area contributed by atoms with Crippen LogP contribution in [-0.4, -0.2) is 35.9 Å². The van der Waals surface area contributed by atoms with Crippen molar-refractivity contribution in [3.05, 3.63) is 71.8 Å². The first-order valence-corrected chi connectivity index (χ1v) is 9.40. The van der Waals surface area contributed by atoms with E-state index in [0.717, 1.165) is 32.5 Å². The molecule has 0 saturated carbocycles. The summed E-state index contributed by atoms with van der Waals surface area (Å²) in [5.74, 6) is -0.713. The fraction of sp³-hybridized carbons (Fsp3) is 0.364. The van der Waals surface area contributed by atoms with Gasteiger partial charge in [-0.25, -0.2) is 0 Å². The first kappa shape index (κ1) is 19.1. The largest absolute Gasteiger partial charge is 0.447 e. The molecule has 5 heteroatoms. The Kier molecular flexibility index (Phi) is 6.60. The highest BCUT2D eigenvalue weighted by Gasteiger charge is 2.27. The zero-order chi connectivity index (χ0) is 19.1. The summed E-state index contributed by atoms with van der Waals surface area (Å²) in [6, 6.07) is 19.7. The molecule has 27 heavy (non-hydrogen) atoms. The van der Waals surface area contributed by atoms with Gasteiger partial charge in [0.05, 0.1) is 0 Å². The molecular weight excluding hydrogens is 340 g/mol. The minimum atomic E-state index is -0.897. The van der Waals surface area contributed by atoms with Gasteiger partial charge in [-0.3, -0.25) is 14.5 Å². The van der Waals surface area contributed by atoms with Crippen LogP contribution in [0.2, 0.25) is 0 Å². The molecule has 0 radical (unpaired) electrons. The van der Waals surface area contributed by atoms with Crippen molar-refractivity contribution in [2.24, 2.45) is 0 Å². The van der Waals surface area contributed by atoms with Crippen LogP contribution in [0.1, 0.15) is 37.0 Å². The number of hydrogen-bond acceptors (Lipinski definition) is 4. The maximum atomic E-state index is 12.7. The zero-order valence-corrected chi connectivity index (χ0v) is 15.6. The Morgan fingerprint density at radius 3 is 2.22 bits per heavy atom. The maximum Gasteiger partial charge on any atom is 0.303 e. The Hall–Kier alpha value is -2.66. The molecule has 0 bridgehead atoms. The van der Waals surface area contributed by atoms with Gasteiger partial charge in [0.15, 0.2) is 0 Å². The molecule has 1 atom stereocenters. The number of nitrogens with one attached hydrogen (secondary N) is 1. The molecule has 142 valence electrons. The van der Waals surface area contributed by atoms with E-state index in [1.165, 1.54) is 12.5 Å². The van der Waals surface area contributed by atoms with Crippen LogP contribution in [0.4, 0.5) is 0 Å². The van der Waals surface area contributed by atoms with Crippen molar-refractivity contribution < 1.29 is 14.3 Å². The highest BCUT2D eigenvalue weighted by Crippen LogP contribution is 2.20. The Bertz CT molecular complexity index is 741. The lowest BCUT2D eigenvalue weighted by Crippen LogP contribution is -2.46. The third kappa shape index (κ3) is 5.66. The molecule has 1 aliphatic heterocycles. The van der Waals surface area contributed by atoms with Crippen molar-refractivity contribution in [3.63, 3.8) is 0 Å². The van der Waals surface area contributed by atoms with E-state index < -0.39 is 12.1 Å². The van der Waals surface area contributed by atoms with Crippen LogP contribution >= 0.6 is 0 Å². The molecule has 0 unspecified atom stereocenters. The van der Waals surface area contributed by atoms with Crippen LogP contribution in [0.15, 0.2) is 60.7 Å². The highest BCUT2D eigenvalue weighted by atomic mass is 16.5. The fourth-order valence-corrected chi connectivity index (χ4v) is 3.42. The summed E-state index contributed by atoms with van der Waals surface area (Å²) in [6.07, 6.45) is 0.881. The number of ether oxygens (including phenoxy) is 1. The molecular formula is C22H26N2O3. The van der Waals surface area contributed by atoms with Gasteiger partial charge >= 0.3 is 5.97 Å². The maximum absolute atomic E-state index is 12.7. The molecule has 1 aliphatic rings. The van der Waals surface area contributed by atoms with E-state index in [1.54, 1.807) is 12.1 Å². The normalized spacial score (nSPS) is 16.5. The van der Waals surface area contributed by atoms with E-state index in [-0.39, 0.29) is 11.9 Å². The van der Waals surface area contributed by atoms with Crippen molar-refractivity contribution in [2.75, 3.05) is 13.1 Å². The predicted octanol–water partition coefficient (Wildman–Crippen LogP) is 3.07. The molecule has 0 spiro atoms. The van der Waals surface area contributed by atoms with Crippen LogP contribution in [0.5, 0.6) is 0 Å². The lowest BCUT2D eigenvalue weighted by Gasteiger charge is -2.33. The van der Waals surface area contributed by atoms with Crippen molar-refractivity contribution in [1.29, 1.82) is 0 Å². The van der Waals surface area contributed by atoms with Gasteiger partial charge in [0.1, 0.15) is 0 Å². The van der Waals surface area contributed by atoms with Crippen molar-refractivity contribution >= 4 is 11.9 Å². The summed E-state index contributed by atoms with van der Waals surface area (Å²) < 4.78 is 5.28. The summed E-state index contributed by atoms with van der Waals surface area (Å²) >= 11 is 0. The van der Waals surface area contributed by atoms with Crippen LogP contribution in [0.25, 0.3) is 0 Å². The van der Waals surface area contributed by atoms with E-state index in [2.05, 4.69) is 34.5 Å². The third-order valence-electron chi connectivity index (χ3n) is 4.81. The Balaban J connectivity index is 1.53. The number of carbonyl (C=O) groups is 2.